The van der Waals surface area contributed by atoms with Crippen molar-refractivity contribution in [3.63, 3.8) is 0 Å². The number of rotatable bonds is 18. The molecule has 0 nitrogen and oxygen atoms in total. The van der Waals surface area contributed by atoms with Crippen LogP contribution in [0, 0.1) is 0 Å². The third-order valence-electron chi connectivity index (χ3n) is 6.18. The zero-order valence-corrected chi connectivity index (χ0v) is 22.1. The molecule has 0 fully saturated rings. The minimum Gasteiger partial charge on any atom is -1.00 e. The van der Waals surface area contributed by atoms with Gasteiger partial charge in [0.2, 0.25) is 0 Å². The summed E-state index contributed by atoms with van der Waals surface area (Å²) in [6.07, 6.45) is 22.1. The van der Waals surface area contributed by atoms with Crippen molar-refractivity contribution in [1.29, 1.82) is 0 Å². The molecule has 0 aliphatic carbocycles. The van der Waals surface area contributed by atoms with E-state index in [1.165, 1.54) is 77.0 Å². The molecule has 0 aromatic heterocycles. The molecule has 0 saturated carbocycles. The number of hydrogen-bond donors (Lipinski definition) is 0. The molecule has 0 N–H and O–H groups in total. The van der Waals surface area contributed by atoms with Gasteiger partial charge in [-0.2, -0.15) is 0 Å². The van der Waals surface area contributed by atoms with Crippen LogP contribution in [0.3, 0.4) is 0 Å². The molecular weight excluding hydrogens is 426 g/mol. The summed E-state index contributed by atoms with van der Waals surface area (Å²) in [7, 11) is 0. The van der Waals surface area contributed by atoms with Crippen LogP contribution in [0.15, 0.2) is 0 Å². The van der Waals surface area contributed by atoms with Gasteiger partial charge in [-0.15, -0.1) is 0 Å². The average Bonchev–Trinajstić information content (AvgIpc) is 2.59. The van der Waals surface area contributed by atoms with Crippen molar-refractivity contribution in [1.82, 2.24) is 0 Å². The number of unbranched alkanes of at least 4 members (excludes halogenated alkanes) is 9. The van der Waals surface area contributed by atoms with Crippen LogP contribution >= 0.6 is 0 Å². The Balaban J connectivity index is 0. The quantitative estimate of drug-likeness (QED) is 0.155. The van der Waals surface area contributed by atoms with Gasteiger partial charge in [-0.25, -0.2) is 0 Å². The van der Waals surface area contributed by atoms with Gasteiger partial charge in [0, 0.05) is 0 Å². The van der Waals surface area contributed by atoms with E-state index in [1.54, 1.807) is 19.3 Å². The first kappa shape index (κ1) is 28.9. The number of hydrogen-bond acceptors (Lipinski definition) is 0. The first-order chi connectivity index (χ1) is 12.1. The molecule has 0 bridgehead atoms. The van der Waals surface area contributed by atoms with Crippen molar-refractivity contribution in [3.05, 3.63) is 0 Å². The Morgan fingerprint density at radius 2 is 0.731 bits per heavy atom. The van der Waals surface area contributed by atoms with Crippen LogP contribution < -0.4 is 4.70 Å². The van der Waals surface area contributed by atoms with E-state index in [2.05, 4.69) is 41.5 Å². The zero-order valence-electron chi connectivity index (χ0n) is 19.2. The summed E-state index contributed by atoms with van der Waals surface area (Å²) >= 11 is -1.34. The molecule has 0 aliphatic rings. The first-order valence-corrected chi connectivity index (χ1v) is 16.9. The van der Waals surface area contributed by atoms with Crippen LogP contribution in [-0.2, 0) is 0 Å². The van der Waals surface area contributed by atoms with Crippen molar-refractivity contribution in [3.8, 4) is 0 Å². The van der Waals surface area contributed by atoms with Crippen LogP contribution in [0.4, 0.5) is 0 Å². The van der Waals surface area contributed by atoms with Gasteiger partial charge in [0.25, 0.3) is 0 Å². The van der Waals surface area contributed by atoms with E-state index >= 15 is 0 Å². The van der Waals surface area contributed by atoms with Gasteiger partial charge in [-0.1, -0.05) is 0 Å². The fraction of sp³-hybridized carbons (Fsp3) is 1.00. The summed E-state index contributed by atoms with van der Waals surface area (Å²) in [6.45, 7) is 15.0. The monoisotopic (exact) mass is 478 g/mol. The van der Waals surface area contributed by atoms with Gasteiger partial charge in [0.1, 0.15) is 0 Å². The number of halogens is 1. The second-order valence-corrected chi connectivity index (χ2v) is 20.0. The van der Waals surface area contributed by atoms with Crippen molar-refractivity contribution >= 4 is 19.8 Å². The third kappa shape index (κ3) is 14.7. The Labute approximate surface area is 173 Å². The summed E-state index contributed by atoms with van der Waals surface area (Å²) < 4.78 is 3.34. The van der Waals surface area contributed by atoms with E-state index < -0.39 is 19.8 Å². The first-order valence-electron chi connectivity index (χ1n) is 11.9. The molecule has 0 aromatic carbocycles. The molecule has 3 unspecified atom stereocenters. The molecule has 0 saturated heterocycles. The summed E-state index contributed by atoms with van der Waals surface area (Å²) in [5, 5.41) is 0. The van der Waals surface area contributed by atoms with E-state index in [1.807, 2.05) is 0 Å². The maximum Gasteiger partial charge on any atom is -1.00 e. The minimum atomic E-state index is -1.34. The molecule has 0 spiro atoms. The van der Waals surface area contributed by atoms with Crippen LogP contribution in [0.1, 0.15) is 138 Å². The topological polar surface area (TPSA) is 0 Å². The summed E-state index contributed by atoms with van der Waals surface area (Å²) in [5.41, 5.74) is 0. The zero-order chi connectivity index (χ0) is 18.9. The van der Waals surface area contributed by atoms with Gasteiger partial charge >= 0.3 is 169 Å². The van der Waals surface area contributed by atoms with E-state index in [0.717, 1.165) is 11.8 Å². The van der Waals surface area contributed by atoms with Crippen LogP contribution in [0.25, 0.3) is 0 Å². The van der Waals surface area contributed by atoms with Crippen molar-refractivity contribution < 1.29 is 4.70 Å². The maximum atomic E-state index is 2.66. The maximum absolute atomic E-state index is 2.66. The molecule has 2 heteroatoms. The fourth-order valence-electron chi connectivity index (χ4n) is 4.59. The molecule has 0 rings (SSSR count). The summed E-state index contributed by atoms with van der Waals surface area (Å²) in [4.78, 5) is 0. The predicted octanol–water partition coefficient (Wildman–Crippen LogP) is 6.57. The molecule has 158 valence electrons. The smallest absolute Gasteiger partial charge is 1.00 e. The second kappa shape index (κ2) is 20.5. The van der Waals surface area contributed by atoms with Crippen LogP contribution in [0.5, 0.6) is 0 Å². The van der Waals surface area contributed by atoms with E-state index in [0.29, 0.717) is 0 Å². The summed E-state index contributed by atoms with van der Waals surface area (Å²) in [6, 6.07) is 0. The third-order valence-corrected chi connectivity index (χ3v) is 18.4. The molecule has 26 heavy (non-hydrogen) atoms. The van der Waals surface area contributed by atoms with Gasteiger partial charge in [0.15, 0.2) is 0 Å². The molecule has 0 aromatic rings. The van der Waals surface area contributed by atoms with Crippen molar-refractivity contribution in [2.45, 2.75) is 150 Å². The van der Waals surface area contributed by atoms with Crippen molar-refractivity contribution in [2.24, 2.45) is 0 Å². The fourth-order valence-corrected chi connectivity index (χ4v) is 17.5. The van der Waals surface area contributed by atoms with Crippen LogP contribution in [-0.4, -0.2) is 19.8 Å². The molecule has 0 heterocycles. The normalized spacial score (nSPS) is 14.5. The SMILES string of the molecule is CCCCCC[CH](C)[Sn+]([CH](C)CCCCCC)[CH](C)CCCCCC.[F-]. The standard InChI is InChI=1S/3C8H17.FH.Sn/c3*1-3-5-7-8-6-4-2;;/h3*3H,4-8H2,1-2H3;1H;/q;;;;+1/p-1. The Hall–Kier alpha value is 0.729. The van der Waals surface area contributed by atoms with E-state index in [9.17, 15) is 0 Å². The Morgan fingerprint density at radius 3 is 0.962 bits per heavy atom. The predicted molar refractivity (Wildman–Crippen MR) is 120 cm³/mol. The minimum absolute atomic E-state index is 0. The molecular formula is C24H51FSn. The summed E-state index contributed by atoms with van der Waals surface area (Å²) in [5.74, 6) is 0. The Bertz CT molecular complexity index is 226. The van der Waals surface area contributed by atoms with Gasteiger partial charge in [-0.05, 0) is 0 Å². The Morgan fingerprint density at radius 1 is 0.462 bits per heavy atom. The second-order valence-electron chi connectivity index (χ2n) is 8.75. The largest absolute Gasteiger partial charge is 1.00 e. The van der Waals surface area contributed by atoms with E-state index in [4.69, 9.17) is 0 Å². The van der Waals surface area contributed by atoms with Crippen LogP contribution in [0.2, 0.25) is 11.8 Å². The van der Waals surface area contributed by atoms with Crippen molar-refractivity contribution in [2.75, 3.05) is 0 Å². The average molecular weight is 477 g/mol. The molecule has 0 amide bonds. The molecule has 3 atom stereocenters. The van der Waals surface area contributed by atoms with E-state index in [-0.39, 0.29) is 4.70 Å². The van der Waals surface area contributed by atoms with Gasteiger partial charge < -0.3 is 4.70 Å². The Kier molecular flexibility index (Phi) is 22.8. The molecule has 0 aliphatic heterocycles. The molecule has 0 radical (unpaired) electrons. The van der Waals surface area contributed by atoms with Gasteiger partial charge in [-0.3, -0.25) is 0 Å². The van der Waals surface area contributed by atoms with Gasteiger partial charge in [0.05, 0.1) is 0 Å².